The van der Waals surface area contributed by atoms with Crippen LogP contribution in [0.3, 0.4) is 0 Å². The van der Waals surface area contributed by atoms with Crippen molar-refractivity contribution in [1.82, 2.24) is 5.32 Å². The van der Waals surface area contributed by atoms with E-state index in [1.165, 1.54) is 6.08 Å². The second kappa shape index (κ2) is 7.21. The van der Waals surface area contributed by atoms with E-state index in [0.29, 0.717) is 5.02 Å². The van der Waals surface area contributed by atoms with E-state index in [2.05, 4.69) is 5.32 Å². The first-order chi connectivity index (χ1) is 8.93. The van der Waals surface area contributed by atoms with Gasteiger partial charge in [-0.25, -0.2) is 0 Å². The van der Waals surface area contributed by atoms with Crippen LogP contribution in [0.2, 0.25) is 5.02 Å². The number of halogens is 1. The van der Waals surface area contributed by atoms with Crippen LogP contribution in [0.5, 0.6) is 0 Å². The van der Waals surface area contributed by atoms with Crippen molar-refractivity contribution in [3.63, 3.8) is 0 Å². The Kier molecular flexibility index (Phi) is 5.92. The van der Waals surface area contributed by atoms with Gasteiger partial charge in [-0.05, 0) is 42.5 Å². The zero-order chi connectivity index (χ0) is 14.4. The number of aryl methyl sites for hydroxylation is 1. The molecule has 0 fully saturated rings. The Morgan fingerprint density at radius 3 is 2.74 bits per heavy atom. The van der Waals surface area contributed by atoms with Crippen LogP contribution in [-0.2, 0) is 9.59 Å². The van der Waals surface area contributed by atoms with Crippen molar-refractivity contribution in [2.75, 3.05) is 12.8 Å². The molecule has 0 atom stereocenters. The third-order valence-electron chi connectivity index (χ3n) is 2.37. The molecule has 2 N–H and O–H groups in total. The number of thioether (sulfide) groups is 1. The fourth-order valence-corrected chi connectivity index (χ4v) is 2.35. The molecule has 1 amide bonds. The van der Waals surface area contributed by atoms with Crippen molar-refractivity contribution in [2.24, 2.45) is 0 Å². The zero-order valence-electron chi connectivity index (χ0n) is 10.6. The summed E-state index contributed by atoms with van der Waals surface area (Å²) in [6.07, 6.45) is 4.85. The van der Waals surface area contributed by atoms with Gasteiger partial charge < -0.3 is 10.4 Å². The minimum absolute atomic E-state index is 0.395. The topological polar surface area (TPSA) is 66.4 Å². The van der Waals surface area contributed by atoms with Crippen LogP contribution in [0.4, 0.5) is 0 Å². The predicted molar refractivity (Wildman–Crippen MR) is 77.6 cm³/mol. The maximum absolute atomic E-state index is 11.3. The number of carbonyl (C=O) groups is 2. The number of aliphatic carboxylic acids is 1. The smallest absolute Gasteiger partial charge is 0.322 e. The highest BCUT2D eigenvalue weighted by molar-refractivity contribution is 7.98. The molecule has 1 aromatic rings. The van der Waals surface area contributed by atoms with Crippen molar-refractivity contribution in [3.05, 3.63) is 34.4 Å². The Morgan fingerprint density at radius 1 is 1.47 bits per heavy atom. The van der Waals surface area contributed by atoms with Gasteiger partial charge in [-0.2, -0.15) is 0 Å². The van der Waals surface area contributed by atoms with Gasteiger partial charge in [0.25, 0.3) is 0 Å². The molecule has 6 heteroatoms. The van der Waals surface area contributed by atoms with Crippen LogP contribution in [0.1, 0.15) is 11.1 Å². The lowest BCUT2D eigenvalue weighted by atomic mass is 10.1. The fourth-order valence-electron chi connectivity index (χ4n) is 1.39. The first-order valence-electron chi connectivity index (χ1n) is 5.46. The second-order valence-corrected chi connectivity index (χ2v) is 5.04. The molecule has 0 saturated carbocycles. The first-order valence-corrected chi connectivity index (χ1v) is 7.06. The number of carbonyl (C=O) groups excluding carboxylic acids is 1. The molecule has 0 radical (unpaired) electrons. The maximum atomic E-state index is 11.3. The van der Waals surface area contributed by atoms with Crippen LogP contribution in [-0.4, -0.2) is 29.8 Å². The number of hydrogen-bond donors (Lipinski definition) is 2. The zero-order valence-corrected chi connectivity index (χ0v) is 12.1. The maximum Gasteiger partial charge on any atom is 0.322 e. The molecule has 0 spiro atoms. The number of rotatable bonds is 5. The highest BCUT2D eigenvalue weighted by Gasteiger charge is 2.04. The quantitative estimate of drug-likeness (QED) is 0.648. The lowest BCUT2D eigenvalue weighted by Crippen LogP contribution is -2.27. The van der Waals surface area contributed by atoms with E-state index in [-0.39, 0.29) is 0 Å². The number of amides is 1. The molecule has 1 aromatic carbocycles. The van der Waals surface area contributed by atoms with Crippen molar-refractivity contribution in [3.8, 4) is 0 Å². The van der Waals surface area contributed by atoms with E-state index in [4.69, 9.17) is 16.7 Å². The van der Waals surface area contributed by atoms with Gasteiger partial charge in [0, 0.05) is 11.0 Å². The molecule has 0 unspecified atom stereocenters. The summed E-state index contributed by atoms with van der Waals surface area (Å²) in [7, 11) is 0. The number of nitrogens with one attached hydrogen (secondary N) is 1. The van der Waals surface area contributed by atoms with Crippen LogP contribution < -0.4 is 5.32 Å². The molecule has 0 aliphatic carbocycles. The molecule has 0 heterocycles. The highest BCUT2D eigenvalue weighted by atomic mass is 35.5. The summed E-state index contributed by atoms with van der Waals surface area (Å²) in [6, 6.07) is 3.73. The minimum atomic E-state index is -1.08. The summed E-state index contributed by atoms with van der Waals surface area (Å²) >= 11 is 7.64. The number of carboxylic acids is 1. The van der Waals surface area contributed by atoms with E-state index >= 15 is 0 Å². The van der Waals surface area contributed by atoms with E-state index in [9.17, 15) is 9.59 Å². The summed E-state index contributed by atoms with van der Waals surface area (Å²) in [5.74, 6) is -1.53. The average Bonchev–Trinajstić information content (AvgIpc) is 2.36. The van der Waals surface area contributed by atoms with Crippen molar-refractivity contribution < 1.29 is 14.7 Å². The average molecular weight is 300 g/mol. The van der Waals surface area contributed by atoms with Gasteiger partial charge >= 0.3 is 5.97 Å². The number of benzene rings is 1. The van der Waals surface area contributed by atoms with Crippen LogP contribution in [0, 0.1) is 6.92 Å². The lowest BCUT2D eigenvalue weighted by molar-refractivity contribution is -0.137. The number of hydrogen-bond acceptors (Lipinski definition) is 3. The van der Waals surface area contributed by atoms with Crippen LogP contribution in [0.15, 0.2) is 23.1 Å². The predicted octanol–water partition coefficient (Wildman–Crippen LogP) is 2.58. The van der Waals surface area contributed by atoms with E-state index in [0.717, 1.165) is 16.0 Å². The molecule has 0 aliphatic rings. The Morgan fingerprint density at radius 2 is 2.16 bits per heavy atom. The SMILES string of the molecule is CSc1cc(C)c(/C=C/C(=O)NCC(=O)O)cc1Cl. The van der Waals surface area contributed by atoms with E-state index in [1.54, 1.807) is 23.9 Å². The summed E-state index contributed by atoms with van der Waals surface area (Å²) in [6.45, 7) is 1.53. The summed E-state index contributed by atoms with van der Waals surface area (Å²) in [5.41, 5.74) is 1.82. The first kappa shape index (κ1) is 15.6. The monoisotopic (exact) mass is 299 g/mol. The summed E-state index contributed by atoms with van der Waals surface area (Å²) in [5, 5.41) is 11.3. The van der Waals surface area contributed by atoms with Gasteiger partial charge in [0.2, 0.25) is 5.91 Å². The van der Waals surface area contributed by atoms with Gasteiger partial charge in [0.05, 0.1) is 5.02 Å². The van der Waals surface area contributed by atoms with Gasteiger partial charge in [0.15, 0.2) is 0 Å². The molecule has 102 valence electrons. The molecule has 0 bridgehead atoms. The molecule has 0 aromatic heterocycles. The molecule has 0 aliphatic heterocycles. The Hall–Kier alpha value is -1.46. The Bertz CT molecular complexity index is 529. The van der Waals surface area contributed by atoms with Crippen LogP contribution in [0.25, 0.3) is 6.08 Å². The molecular weight excluding hydrogens is 286 g/mol. The van der Waals surface area contributed by atoms with Gasteiger partial charge in [0.1, 0.15) is 6.54 Å². The van der Waals surface area contributed by atoms with Crippen molar-refractivity contribution in [1.29, 1.82) is 0 Å². The third-order valence-corrected chi connectivity index (χ3v) is 3.57. The van der Waals surface area contributed by atoms with Gasteiger partial charge in [-0.1, -0.05) is 11.6 Å². The second-order valence-electron chi connectivity index (χ2n) is 3.79. The summed E-state index contributed by atoms with van der Waals surface area (Å²) < 4.78 is 0. The fraction of sp³-hybridized carbons (Fsp3) is 0.231. The third kappa shape index (κ3) is 4.96. The standard InChI is InChI=1S/C13H14ClNO3S/c1-8-5-11(19-2)10(14)6-9(8)3-4-12(16)15-7-13(17)18/h3-6H,7H2,1-2H3,(H,15,16)(H,17,18)/b4-3+. The van der Waals surface area contributed by atoms with Crippen molar-refractivity contribution in [2.45, 2.75) is 11.8 Å². The van der Waals surface area contributed by atoms with Crippen LogP contribution >= 0.6 is 23.4 Å². The number of carboxylic acid groups (broad SMARTS) is 1. The Balaban J connectivity index is 2.79. The largest absolute Gasteiger partial charge is 0.480 e. The van der Waals surface area contributed by atoms with Crippen molar-refractivity contribution >= 4 is 41.3 Å². The molecule has 19 heavy (non-hydrogen) atoms. The molecule has 4 nitrogen and oxygen atoms in total. The van der Waals surface area contributed by atoms with Gasteiger partial charge in [-0.15, -0.1) is 11.8 Å². The Labute approximate surface area is 120 Å². The molecular formula is C13H14ClNO3S. The van der Waals surface area contributed by atoms with Gasteiger partial charge in [-0.3, -0.25) is 9.59 Å². The summed E-state index contributed by atoms with van der Waals surface area (Å²) in [4.78, 5) is 22.6. The minimum Gasteiger partial charge on any atom is -0.480 e. The highest BCUT2D eigenvalue weighted by Crippen LogP contribution is 2.28. The van der Waals surface area contributed by atoms with E-state index in [1.807, 2.05) is 19.2 Å². The lowest BCUT2D eigenvalue weighted by Gasteiger charge is -2.06. The molecule has 0 saturated heterocycles. The van der Waals surface area contributed by atoms with E-state index < -0.39 is 18.4 Å². The normalized spacial score (nSPS) is 10.7. The molecule has 1 rings (SSSR count).